The maximum Gasteiger partial charge on any atom is 0.339 e. The number of carbonyl (C=O) groups is 2. The van der Waals surface area contributed by atoms with E-state index < -0.39 is 40.9 Å². The van der Waals surface area contributed by atoms with Crippen molar-refractivity contribution in [3.63, 3.8) is 0 Å². The van der Waals surface area contributed by atoms with Crippen molar-refractivity contribution in [2.75, 3.05) is 0 Å². The molecule has 3 aromatic rings. The molecule has 0 atom stereocenters. The van der Waals surface area contributed by atoms with E-state index in [1.807, 2.05) is 20.8 Å². The van der Waals surface area contributed by atoms with E-state index in [2.05, 4.69) is 6.58 Å². The van der Waals surface area contributed by atoms with Gasteiger partial charge in [-0.3, -0.25) is 0 Å². The molecule has 40 heavy (non-hydrogen) atoms. The second-order valence-electron chi connectivity index (χ2n) is 11.3. The van der Waals surface area contributed by atoms with Gasteiger partial charge in [-0.25, -0.2) is 9.59 Å². The molecule has 5 N–H and O–H groups in total. The molecular formula is C31H34O9. The Balaban J connectivity index is 2.39. The highest BCUT2D eigenvalue weighted by Gasteiger charge is 2.26. The number of aromatic carboxylic acids is 1. The standard InChI is InChI=1S/C31H34O9/c1-16(39-30(2,3)4)21-14-23(18-9-11-20(28(36)37)26(33)13-18)24(29(38)40-31(5,6)7)15-22(21)17-8-10-19(27(34)35)25(32)12-17/h8-15,28,32-33,36-37H,1H2,2-7H3,(H,34,35). The van der Waals surface area contributed by atoms with Crippen molar-refractivity contribution in [3.8, 4) is 33.8 Å². The third-order valence-electron chi connectivity index (χ3n) is 5.67. The van der Waals surface area contributed by atoms with Gasteiger partial charge in [0, 0.05) is 11.1 Å². The molecule has 0 aliphatic carbocycles. The number of ether oxygens (including phenoxy) is 2. The minimum absolute atomic E-state index is 0.0933. The first-order valence-corrected chi connectivity index (χ1v) is 12.4. The number of aliphatic hydroxyl groups is 2. The molecule has 0 unspecified atom stereocenters. The maximum absolute atomic E-state index is 13.5. The van der Waals surface area contributed by atoms with E-state index in [9.17, 15) is 35.1 Å². The molecule has 0 aromatic heterocycles. The number of hydrogen-bond donors (Lipinski definition) is 5. The van der Waals surface area contributed by atoms with Crippen LogP contribution in [0.3, 0.4) is 0 Å². The van der Waals surface area contributed by atoms with E-state index in [-0.39, 0.29) is 22.4 Å². The number of benzene rings is 3. The van der Waals surface area contributed by atoms with Gasteiger partial charge in [0.1, 0.15) is 34.0 Å². The lowest BCUT2D eigenvalue weighted by Crippen LogP contribution is -2.24. The van der Waals surface area contributed by atoms with Crippen molar-refractivity contribution in [1.82, 2.24) is 0 Å². The number of aromatic hydroxyl groups is 2. The van der Waals surface area contributed by atoms with Crippen LogP contribution in [0.2, 0.25) is 0 Å². The first-order chi connectivity index (χ1) is 18.4. The fourth-order valence-electron chi connectivity index (χ4n) is 4.04. The van der Waals surface area contributed by atoms with Crippen molar-refractivity contribution < 1.29 is 44.6 Å². The minimum Gasteiger partial charge on any atom is -0.507 e. The average Bonchev–Trinajstić information content (AvgIpc) is 2.80. The van der Waals surface area contributed by atoms with Crippen molar-refractivity contribution in [1.29, 1.82) is 0 Å². The van der Waals surface area contributed by atoms with Crippen molar-refractivity contribution >= 4 is 17.7 Å². The molecule has 0 heterocycles. The number of carboxylic acids is 1. The molecule has 0 bridgehead atoms. The fraction of sp³-hybridized carbons (Fsp3) is 0.290. The highest BCUT2D eigenvalue weighted by atomic mass is 16.6. The Morgan fingerprint density at radius 2 is 1.23 bits per heavy atom. The van der Waals surface area contributed by atoms with Crippen molar-refractivity contribution in [2.24, 2.45) is 0 Å². The van der Waals surface area contributed by atoms with Crippen LogP contribution < -0.4 is 0 Å². The van der Waals surface area contributed by atoms with Crippen LogP contribution in [-0.2, 0) is 9.47 Å². The first-order valence-electron chi connectivity index (χ1n) is 12.4. The van der Waals surface area contributed by atoms with Gasteiger partial charge in [0.2, 0.25) is 0 Å². The van der Waals surface area contributed by atoms with Crippen LogP contribution in [-0.4, -0.2) is 48.7 Å². The highest BCUT2D eigenvalue weighted by Crippen LogP contribution is 2.40. The van der Waals surface area contributed by atoms with Crippen LogP contribution in [0.15, 0.2) is 55.1 Å². The van der Waals surface area contributed by atoms with E-state index in [0.29, 0.717) is 27.8 Å². The van der Waals surface area contributed by atoms with E-state index in [1.54, 1.807) is 26.8 Å². The summed E-state index contributed by atoms with van der Waals surface area (Å²) < 4.78 is 11.7. The van der Waals surface area contributed by atoms with Crippen LogP contribution in [0.25, 0.3) is 28.0 Å². The van der Waals surface area contributed by atoms with E-state index in [1.165, 1.54) is 42.5 Å². The lowest BCUT2D eigenvalue weighted by atomic mass is 9.89. The van der Waals surface area contributed by atoms with Gasteiger partial charge in [-0.2, -0.15) is 0 Å². The molecule has 0 saturated heterocycles. The van der Waals surface area contributed by atoms with Gasteiger partial charge in [-0.15, -0.1) is 0 Å². The van der Waals surface area contributed by atoms with E-state index in [0.717, 1.165) is 0 Å². The third kappa shape index (κ3) is 6.99. The molecule has 0 saturated carbocycles. The molecule has 212 valence electrons. The Kier molecular flexibility index (Phi) is 8.33. The van der Waals surface area contributed by atoms with Crippen LogP contribution in [0, 0.1) is 0 Å². The summed E-state index contributed by atoms with van der Waals surface area (Å²) in [5.74, 6) is -2.62. The second-order valence-corrected chi connectivity index (χ2v) is 11.3. The molecule has 9 nitrogen and oxygen atoms in total. The minimum atomic E-state index is -1.90. The molecule has 0 amide bonds. The quantitative estimate of drug-likeness (QED) is 0.138. The smallest absolute Gasteiger partial charge is 0.339 e. The van der Waals surface area contributed by atoms with Crippen LogP contribution in [0.1, 0.15) is 79.7 Å². The molecule has 0 aliphatic rings. The fourth-order valence-corrected chi connectivity index (χ4v) is 4.04. The zero-order valence-corrected chi connectivity index (χ0v) is 23.3. The molecule has 0 fully saturated rings. The highest BCUT2D eigenvalue weighted by molar-refractivity contribution is 6.01. The van der Waals surface area contributed by atoms with E-state index in [4.69, 9.17) is 9.47 Å². The van der Waals surface area contributed by atoms with Gasteiger partial charge < -0.3 is 35.0 Å². The lowest BCUT2D eigenvalue weighted by Gasteiger charge is -2.26. The van der Waals surface area contributed by atoms with Crippen LogP contribution in [0.5, 0.6) is 11.5 Å². The molecule has 3 aromatic carbocycles. The number of phenols is 2. The molecular weight excluding hydrogens is 516 g/mol. The number of aliphatic hydroxyl groups excluding tert-OH is 1. The number of rotatable bonds is 7. The largest absolute Gasteiger partial charge is 0.507 e. The molecule has 9 heteroatoms. The summed E-state index contributed by atoms with van der Waals surface area (Å²) in [5.41, 5.74) is 0.0869. The van der Waals surface area contributed by atoms with Gasteiger partial charge in [-0.05, 0) is 100 Å². The van der Waals surface area contributed by atoms with Crippen LogP contribution in [0.4, 0.5) is 0 Å². The Labute approximate surface area is 232 Å². The topological polar surface area (TPSA) is 154 Å². The summed E-state index contributed by atoms with van der Waals surface area (Å²) in [4.78, 5) is 24.9. The Hall–Kier alpha value is -4.34. The number of carbonyl (C=O) groups excluding carboxylic acids is 1. The number of esters is 1. The third-order valence-corrected chi connectivity index (χ3v) is 5.67. The molecule has 0 aliphatic heterocycles. The zero-order valence-electron chi connectivity index (χ0n) is 23.3. The van der Waals surface area contributed by atoms with Gasteiger partial charge in [0.25, 0.3) is 0 Å². The molecule has 3 rings (SSSR count). The number of hydrogen-bond acceptors (Lipinski definition) is 8. The molecule has 0 spiro atoms. The van der Waals surface area contributed by atoms with Gasteiger partial charge in [0.15, 0.2) is 6.29 Å². The molecule has 0 radical (unpaired) electrons. The predicted molar refractivity (Wildman–Crippen MR) is 150 cm³/mol. The summed E-state index contributed by atoms with van der Waals surface area (Å²) in [6.07, 6.45) is -1.90. The summed E-state index contributed by atoms with van der Waals surface area (Å²) in [6.45, 7) is 14.7. The van der Waals surface area contributed by atoms with Gasteiger partial charge >= 0.3 is 11.9 Å². The summed E-state index contributed by atoms with van der Waals surface area (Å²) >= 11 is 0. The van der Waals surface area contributed by atoms with Gasteiger partial charge in [-0.1, -0.05) is 18.7 Å². The maximum atomic E-state index is 13.5. The Morgan fingerprint density at radius 3 is 1.70 bits per heavy atom. The number of carboxylic acid groups (broad SMARTS) is 1. The van der Waals surface area contributed by atoms with Crippen molar-refractivity contribution in [3.05, 3.63) is 77.4 Å². The Morgan fingerprint density at radius 1 is 0.725 bits per heavy atom. The summed E-state index contributed by atoms with van der Waals surface area (Å²) in [5, 5.41) is 49.3. The lowest BCUT2D eigenvalue weighted by molar-refractivity contribution is -0.0438. The first kappa shape index (κ1) is 30.2. The van der Waals surface area contributed by atoms with Gasteiger partial charge in [0.05, 0.1) is 5.56 Å². The average molecular weight is 551 g/mol. The van der Waals surface area contributed by atoms with E-state index >= 15 is 0 Å². The predicted octanol–water partition coefficient (Wildman–Crippen LogP) is 5.85. The summed E-state index contributed by atoms with van der Waals surface area (Å²) in [6, 6.07) is 11.3. The van der Waals surface area contributed by atoms with Crippen molar-refractivity contribution in [2.45, 2.75) is 59.0 Å². The second kappa shape index (κ2) is 11.0. The zero-order chi connectivity index (χ0) is 30.2. The SMILES string of the molecule is C=C(OC(C)(C)C)c1cc(-c2ccc(C(O)O)c(O)c2)c(C(=O)OC(C)(C)C)cc1-c1ccc(C(=O)O)c(O)c1. The monoisotopic (exact) mass is 550 g/mol. The normalized spacial score (nSPS) is 11.8. The summed E-state index contributed by atoms with van der Waals surface area (Å²) in [7, 11) is 0. The Bertz CT molecular complexity index is 1470. The van der Waals surface area contributed by atoms with Crippen LogP contribution >= 0.6 is 0 Å². The number of phenolic OH excluding ortho intramolecular Hbond substituents is 1.